The number of halogens is 1. The second kappa shape index (κ2) is 5.76. The van der Waals surface area contributed by atoms with Crippen molar-refractivity contribution >= 4 is 11.6 Å². The Morgan fingerprint density at radius 1 is 1.32 bits per heavy atom. The van der Waals surface area contributed by atoms with Crippen LogP contribution in [0.5, 0.6) is 0 Å². The highest BCUT2D eigenvalue weighted by Gasteiger charge is 2.13. The average Bonchev–Trinajstić information content (AvgIpc) is 2.61. The molecule has 1 unspecified atom stereocenters. The minimum absolute atomic E-state index is 0.289. The van der Waals surface area contributed by atoms with Gasteiger partial charge in [-0.25, -0.2) is 0 Å². The van der Waals surface area contributed by atoms with Crippen LogP contribution in [0.25, 0.3) is 0 Å². The van der Waals surface area contributed by atoms with Gasteiger partial charge in [-0.15, -0.1) is 0 Å². The van der Waals surface area contributed by atoms with Gasteiger partial charge in [-0.05, 0) is 31.9 Å². The van der Waals surface area contributed by atoms with Crippen LogP contribution in [0.3, 0.4) is 0 Å². The Morgan fingerprint density at radius 2 is 2.00 bits per heavy atom. The van der Waals surface area contributed by atoms with E-state index in [4.69, 9.17) is 11.6 Å². The zero-order chi connectivity index (χ0) is 14.0. The van der Waals surface area contributed by atoms with Crippen LogP contribution in [-0.2, 0) is 13.6 Å². The largest absolute Gasteiger partial charge is 0.306 e. The van der Waals surface area contributed by atoms with Crippen molar-refractivity contribution in [1.82, 2.24) is 15.1 Å². The molecule has 102 valence electrons. The molecule has 19 heavy (non-hydrogen) atoms. The summed E-state index contributed by atoms with van der Waals surface area (Å²) in [6.45, 7) is 7.02. The lowest BCUT2D eigenvalue weighted by atomic mass is 10.0. The Morgan fingerprint density at radius 3 is 2.58 bits per heavy atom. The molecule has 0 bridgehead atoms. The van der Waals surface area contributed by atoms with Crippen LogP contribution in [0.1, 0.15) is 35.3 Å². The summed E-state index contributed by atoms with van der Waals surface area (Å²) in [4.78, 5) is 0. The van der Waals surface area contributed by atoms with Gasteiger partial charge < -0.3 is 5.32 Å². The fourth-order valence-electron chi connectivity index (χ4n) is 2.31. The Bertz CT molecular complexity index is 575. The molecule has 2 aromatic rings. The second-order valence-corrected chi connectivity index (χ2v) is 5.30. The SMILES string of the molecule is Cc1ccccc1C(C)NCc1c(C)nn(C)c1Cl. The molecule has 0 saturated carbocycles. The van der Waals surface area contributed by atoms with Crippen LogP contribution in [0.15, 0.2) is 24.3 Å². The first kappa shape index (κ1) is 14.1. The van der Waals surface area contributed by atoms with Crippen molar-refractivity contribution in [2.45, 2.75) is 33.4 Å². The molecule has 0 saturated heterocycles. The molecule has 0 aliphatic rings. The molecule has 1 N–H and O–H groups in total. The molecular formula is C15H20ClN3. The summed E-state index contributed by atoms with van der Waals surface area (Å²) in [6.07, 6.45) is 0. The first-order chi connectivity index (χ1) is 9.00. The number of rotatable bonds is 4. The van der Waals surface area contributed by atoms with E-state index in [0.717, 1.165) is 17.8 Å². The van der Waals surface area contributed by atoms with Crippen molar-refractivity contribution in [1.29, 1.82) is 0 Å². The summed E-state index contributed by atoms with van der Waals surface area (Å²) >= 11 is 6.24. The number of aromatic nitrogens is 2. The molecule has 0 amide bonds. The Hall–Kier alpha value is -1.32. The predicted molar refractivity (Wildman–Crippen MR) is 79.4 cm³/mol. The third-order valence-corrected chi connectivity index (χ3v) is 3.98. The zero-order valence-electron chi connectivity index (χ0n) is 11.9. The highest BCUT2D eigenvalue weighted by molar-refractivity contribution is 6.30. The molecule has 4 heteroatoms. The van der Waals surface area contributed by atoms with Gasteiger partial charge in [-0.3, -0.25) is 4.68 Å². The van der Waals surface area contributed by atoms with E-state index in [-0.39, 0.29) is 6.04 Å². The predicted octanol–water partition coefficient (Wildman–Crippen LogP) is 3.54. The maximum absolute atomic E-state index is 6.24. The number of aryl methyl sites for hydroxylation is 3. The van der Waals surface area contributed by atoms with E-state index < -0.39 is 0 Å². The summed E-state index contributed by atoms with van der Waals surface area (Å²) in [7, 11) is 1.86. The van der Waals surface area contributed by atoms with Crippen molar-refractivity contribution in [3.63, 3.8) is 0 Å². The van der Waals surface area contributed by atoms with Gasteiger partial charge >= 0.3 is 0 Å². The van der Waals surface area contributed by atoms with Crippen molar-refractivity contribution in [2.24, 2.45) is 7.05 Å². The van der Waals surface area contributed by atoms with Gasteiger partial charge in [0.05, 0.1) is 5.69 Å². The van der Waals surface area contributed by atoms with Crippen LogP contribution in [-0.4, -0.2) is 9.78 Å². The van der Waals surface area contributed by atoms with Crippen molar-refractivity contribution in [2.75, 3.05) is 0 Å². The van der Waals surface area contributed by atoms with Gasteiger partial charge in [0.15, 0.2) is 0 Å². The molecular weight excluding hydrogens is 258 g/mol. The quantitative estimate of drug-likeness (QED) is 0.926. The lowest BCUT2D eigenvalue weighted by Crippen LogP contribution is -2.19. The van der Waals surface area contributed by atoms with E-state index in [9.17, 15) is 0 Å². The summed E-state index contributed by atoms with van der Waals surface area (Å²) < 4.78 is 1.71. The van der Waals surface area contributed by atoms with E-state index in [1.165, 1.54) is 11.1 Å². The van der Waals surface area contributed by atoms with Crippen molar-refractivity contribution < 1.29 is 0 Å². The van der Waals surface area contributed by atoms with E-state index in [0.29, 0.717) is 5.15 Å². The summed E-state index contributed by atoms with van der Waals surface area (Å²) in [5.74, 6) is 0. The number of hydrogen-bond acceptors (Lipinski definition) is 2. The van der Waals surface area contributed by atoms with Crippen molar-refractivity contribution in [3.05, 3.63) is 51.8 Å². The topological polar surface area (TPSA) is 29.9 Å². The van der Waals surface area contributed by atoms with Gasteiger partial charge in [-0.1, -0.05) is 35.9 Å². The lowest BCUT2D eigenvalue weighted by molar-refractivity contribution is 0.571. The smallest absolute Gasteiger partial charge is 0.131 e. The first-order valence-electron chi connectivity index (χ1n) is 6.47. The molecule has 1 aromatic heterocycles. The van der Waals surface area contributed by atoms with E-state index in [2.05, 4.69) is 48.5 Å². The molecule has 3 nitrogen and oxygen atoms in total. The number of nitrogens with zero attached hydrogens (tertiary/aromatic N) is 2. The minimum atomic E-state index is 0.289. The molecule has 2 rings (SSSR count). The first-order valence-corrected chi connectivity index (χ1v) is 6.85. The normalized spacial score (nSPS) is 12.7. The number of nitrogens with one attached hydrogen (secondary N) is 1. The monoisotopic (exact) mass is 277 g/mol. The molecule has 0 radical (unpaired) electrons. The maximum Gasteiger partial charge on any atom is 0.131 e. The molecule has 1 heterocycles. The Labute approximate surface area is 119 Å². The van der Waals surface area contributed by atoms with Gasteiger partial charge in [0.1, 0.15) is 5.15 Å². The van der Waals surface area contributed by atoms with Crippen LogP contribution in [0.2, 0.25) is 5.15 Å². The van der Waals surface area contributed by atoms with Gasteiger partial charge in [-0.2, -0.15) is 5.10 Å². The lowest BCUT2D eigenvalue weighted by Gasteiger charge is -2.16. The summed E-state index contributed by atoms with van der Waals surface area (Å²) in [6, 6.07) is 8.72. The summed E-state index contributed by atoms with van der Waals surface area (Å²) in [5.41, 5.74) is 4.68. The second-order valence-electron chi connectivity index (χ2n) is 4.94. The van der Waals surface area contributed by atoms with E-state index in [1.54, 1.807) is 4.68 Å². The fourth-order valence-corrected chi connectivity index (χ4v) is 2.55. The highest BCUT2D eigenvalue weighted by Crippen LogP contribution is 2.21. The Balaban J connectivity index is 2.09. The third-order valence-electron chi connectivity index (χ3n) is 3.51. The third kappa shape index (κ3) is 2.99. The number of hydrogen-bond donors (Lipinski definition) is 1. The maximum atomic E-state index is 6.24. The number of benzene rings is 1. The standard InChI is InChI=1S/C15H20ClN3/c1-10-7-5-6-8-13(10)11(2)17-9-14-12(3)18-19(4)15(14)16/h5-8,11,17H,9H2,1-4H3. The minimum Gasteiger partial charge on any atom is -0.306 e. The van der Waals surface area contributed by atoms with E-state index in [1.807, 2.05) is 14.0 Å². The molecule has 0 aliphatic heterocycles. The van der Waals surface area contributed by atoms with Crippen LogP contribution < -0.4 is 5.32 Å². The zero-order valence-corrected chi connectivity index (χ0v) is 12.6. The fraction of sp³-hybridized carbons (Fsp3) is 0.400. The average molecular weight is 278 g/mol. The summed E-state index contributed by atoms with van der Waals surface area (Å²) in [5, 5.41) is 8.55. The van der Waals surface area contributed by atoms with Crippen LogP contribution in [0.4, 0.5) is 0 Å². The van der Waals surface area contributed by atoms with Crippen molar-refractivity contribution in [3.8, 4) is 0 Å². The molecule has 1 atom stereocenters. The van der Waals surface area contributed by atoms with Crippen LogP contribution >= 0.6 is 11.6 Å². The molecule has 0 spiro atoms. The van der Waals surface area contributed by atoms with Crippen LogP contribution in [0, 0.1) is 13.8 Å². The molecule has 0 aliphatic carbocycles. The van der Waals surface area contributed by atoms with Gasteiger partial charge in [0.2, 0.25) is 0 Å². The molecule has 0 fully saturated rings. The van der Waals surface area contributed by atoms with E-state index >= 15 is 0 Å². The highest BCUT2D eigenvalue weighted by atomic mass is 35.5. The van der Waals surface area contributed by atoms with Gasteiger partial charge in [0.25, 0.3) is 0 Å². The Kier molecular flexibility index (Phi) is 4.27. The molecule has 1 aromatic carbocycles. The van der Waals surface area contributed by atoms with Gasteiger partial charge in [0, 0.05) is 25.2 Å².